The number of fused-ring (bicyclic) bond motifs is 5. The monoisotopic (exact) mass is 520 g/mol. The third-order valence-electron chi connectivity index (χ3n) is 11.6. The highest BCUT2D eigenvalue weighted by Gasteiger charge is 2.71. The Bertz CT molecular complexity index is 942. The average Bonchev–Trinajstić information content (AvgIpc) is 3.07. The quantitative estimate of drug-likeness (QED) is 0.312. The maximum Gasteiger partial charge on any atom is 0.302 e. The van der Waals surface area contributed by atoms with Crippen LogP contribution < -0.4 is 0 Å². The van der Waals surface area contributed by atoms with Gasteiger partial charge < -0.3 is 25.2 Å². The number of esters is 1. The standard InChI is InChI=1S/C30H48O7/c1-16(2)17(3)12-26(34)29(7,35)25-9-11-30(36)20-13-22(32)21-14-23(33)24(37-18(4)31)15-27(21,5)19(20)8-10-28(25,30)6/h16,19-21,23-26,33-36H,3,8-15H2,1-2,4-7H3. The molecule has 0 radical (unpaired) electrons. The lowest BCUT2D eigenvalue weighted by atomic mass is 9.42. The summed E-state index contributed by atoms with van der Waals surface area (Å²) in [5.41, 5.74) is -2.84. The van der Waals surface area contributed by atoms with Crippen molar-refractivity contribution in [1.82, 2.24) is 0 Å². The summed E-state index contributed by atoms with van der Waals surface area (Å²) in [6, 6.07) is 0. The lowest BCUT2D eigenvalue weighted by Crippen LogP contribution is -2.67. The van der Waals surface area contributed by atoms with E-state index in [1.165, 1.54) is 6.92 Å². The van der Waals surface area contributed by atoms with E-state index in [0.29, 0.717) is 32.1 Å². The van der Waals surface area contributed by atoms with Crippen molar-refractivity contribution < 1.29 is 34.8 Å². The second-order valence-electron chi connectivity index (χ2n) is 13.8. The molecular weight excluding hydrogens is 472 g/mol. The minimum absolute atomic E-state index is 0.0353. The van der Waals surface area contributed by atoms with Crippen molar-refractivity contribution in [1.29, 1.82) is 0 Å². The number of hydrogen-bond donors (Lipinski definition) is 4. The Labute approximate surface area is 221 Å². The Balaban J connectivity index is 1.64. The summed E-state index contributed by atoms with van der Waals surface area (Å²) in [5, 5.41) is 46.0. The maximum absolute atomic E-state index is 13.5. The molecular formula is C30H48O7. The fraction of sp³-hybridized carbons (Fsp3) is 0.867. The van der Waals surface area contributed by atoms with Gasteiger partial charge in [0.1, 0.15) is 11.9 Å². The van der Waals surface area contributed by atoms with Crippen molar-refractivity contribution in [3.05, 3.63) is 12.2 Å². The van der Waals surface area contributed by atoms with Crippen LogP contribution in [0.25, 0.3) is 0 Å². The van der Waals surface area contributed by atoms with Gasteiger partial charge in [0, 0.05) is 24.7 Å². The fourth-order valence-corrected chi connectivity index (χ4v) is 9.20. The van der Waals surface area contributed by atoms with Gasteiger partial charge in [0.05, 0.1) is 23.4 Å². The van der Waals surface area contributed by atoms with Crippen LogP contribution >= 0.6 is 0 Å². The molecule has 0 amide bonds. The van der Waals surface area contributed by atoms with E-state index in [9.17, 15) is 30.0 Å². The SMILES string of the molecule is C=C(CC(O)C(C)(O)C1CCC2(O)C3CC(=O)C4CC(O)C(OC(C)=O)CC4(C)C3CCC12C)C(C)C. The highest BCUT2D eigenvalue weighted by molar-refractivity contribution is 5.83. The van der Waals surface area contributed by atoms with Crippen LogP contribution in [0.5, 0.6) is 0 Å². The first-order valence-electron chi connectivity index (χ1n) is 14.2. The third-order valence-corrected chi connectivity index (χ3v) is 11.6. The number of carbonyl (C=O) groups excluding carboxylic acids is 2. The number of aliphatic hydroxyl groups is 4. The molecule has 4 aliphatic carbocycles. The summed E-state index contributed by atoms with van der Waals surface area (Å²) in [6.45, 7) is 15.2. The molecule has 4 aliphatic rings. The molecule has 0 heterocycles. The lowest BCUT2D eigenvalue weighted by Gasteiger charge is -2.64. The summed E-state index contributed by atoms with van der Waals surface area (Å²) < 4.78 is 5.47. The first-order valence-corrected chi connectivity index (χ1v) is 14.2. The molecule has 4 fully saturated rings. The lowest BCUT2D eigenvalue weighted by molar-refractivity contribution is -0.233. The Morgan fingerprint density at radius 1 is 1.22 bits per heavy atom. The Morgan fingerprint density at radius 3 is 2.46 bits per heavy atom. The van der Waals surface area contributed by atoms with E-state index in [1.807, 2.05) is 20.8 Å². The molecule has 0 saturated heterocycles. The maximum atomic E-state index is 13.5. The van der Waals surface area contributed by atoms with Crippen molar-refractivity contribution in [3.8, 4) is 0 Å². The minimum atomic E-state index is -1.41. The number of carbonyl (C=O) groups is 2. The number of Topliss-reactive ketones (excluding diaryl/α,β-unsaturated/α-hetero) is 1. The fourth-order valence-electron chi connectivity index (χ4n) is 9.20. The van der Waals surface area contributed by atoms with Crippen LogP contribution in [0.1, 0.15) is 92.9 Å². The topological polar surface area (TPSA) is 124 Å². The van der Waals surface area contributed by atoms with Crippen molar-refractivity contribution in [3.63, 3.8) is 0 Å². The van der Waals surface area contributed by atoms with Gasteiger partial charge in [-0.25, -0.2) is 0 Å². The summed E-state index contributed by atoms with van der Waals surface area (Å²) in [5.74, 6) is -1.09. The van der Waals surface area contributed by atoms with Crippen LogP contribution in [0, 0.1) is 40.4 Å². The normalized spacial score (nSPS) is 45.9. The van der Waals surface area contributed by atoms with Crippen LogP contribution in [-0.2, 0) is 14.3 Å². The predicted molar refractivity (Wildman–Crippen MR) is 139 cm³/mol. The largest absolute Gasteiger partial charge is 0.460 e. The summed E-state index contributed by atoms with van der Waals surface area (Å²) in [4.78, 5) is 25.3. The van der Waals surface area contributed by atoms with Gasteiger partial charge in [0.25, 0.3) is 0 Å². The smallest absolute Gasteiger partial charge is 0.302 e. The predicted octanol–water partition coefficient (Wildman–Crippen LogP) is 3.56. The van der Waals surface area contributed by atoms with E-state index in [2.05, 4.69) is 13.5 Å². The Kier molecular flexibility index (Phi) is 7.32. The molecule has 0 aromatic carbocycles. The molecule has 0 aromatic rings. The van der Waals surface area contributed by atoms with E-state index in [-0.39, 0.29) is 48.2 Å². The van der Waals surface area contributed by atoms with Crippen molar-refractivity contribution in [2.24, 2.45) is 40.4 Å². The molecule has 7 heteroatoms. The van der Waals surface area contributed by atoms with Gasteiger partial charge in [-0.3, -0.25) is 9.59 Å². The van der Waals surface area contributed by atoms with Gasteiger partial charge in [0.2, 0.25) is 0 Å². The third kappa shape index (κ3) is 4.32. The van der Waals surface area contributed by atoms with E-state index >= 15 is 0 Å². The van der Waals surface area contributed by atoms with E-state index in [4.69, 9.17) is 4.74 Å². The van der Waals surface area contributed by atoms with E-state index in [1.54, 1.807) is 6.92 Å². The van der Waals surface area contributed by atoms with Crippen LogP contribution in [0.4, 0.5) is 0 Å². The second-order valence-corrected chi connectivity index (χ2v) is 13.8. The van der Waals surface area contributed by atoms with Gasteiger partial charge in [-0.1, -0.05) is 39.8 Å². The summed E-state index contributed by atoms with van der Waals surface area (Å²) in [6.07, 6.45) is 1.18. The molecule has 11 atom stereocenters. The van der Waals surface area contributed by atoms with Gasteiger partial charge >= 0.3 is 5.97 Å². The molecule has 0 aromatic heterocycles. The molecule has 11 unspecified atom stereocenters. The molecule has 0 bridgehead atoms. The number of ether oxygens (including phenoxy) is 1. The van der Waals surface area contributed by atoms with Crippen molar-refractivity contribution >= 4 is 11.8 Å². The zero-order chi connectivity index (χ0) is 27.7. The minimum Gasteiger partial charge on any atom is -0.460 e. The van der Waals surface area contributed by atoms with Crippen LogP contribution in [0.2, 0.25) is 0 Å². The molecule has 0 spiro atoms. The van der Waals surface area contributed by atoms with Crippen molar-refractivity contribution in [2.45, 2.75) is 122 Å². The molecule has 0 aliphatic heterocycles. The van der Waals surface area contributed by atoms with Crippen LogP contribution in [0.15, 0.2) is 12.2 Å². The van der Waals surface area contributed by atoms with Crippen molar-refractivity contribution in [2.75, 3.05) is 0 Å². The van der Waals surface area contributed by atoms with E-state index in [0.717, 1.165) is 12.0 Å². The van der Waals surface area contributed by atoms with E-state index < -0.39 is 46.3 Å². The second kappa shape index (κ2) is 9.42. The van der Waals surface area contributed by atoms with Gasteiger partial charge in [-0.15, -0.1) is 0 Å². The highest BCUT2D eigenvalue weighted by atomic mass is 16.6. The van der Waals surface area contributed by atoms with Gasteiger partial charge in [0.15, 0.2) is 0 Å². The first kappa shape index (κ1) is 28.7. The molecule has 4 saturated carbocycles. The zero-order valence-electron chi connectivity index (χ0n) is 23.5. The van der Waals surface area contributed by atoms with Crippen LogP contribution in [-0.4, -0.2) is 61.7 Å². The molecule has 4 rings (SSSR count). The number of rotatable bonds is 6. The molecule has 210 valence electrons. The number of ketones is 1. The Hall–Kier alpha value is -1.28. The Morgan fingerprint density at radius 2 is 1.86 bits per heavy atom. The number of hydrogen-bond acceptors (Lipinski definition) is 7. The summed E-state index contributed by atoms with van der Waals surface area (Å²) >= 11 is 0. The average molecular weight is 521 g/mol. The first-order chi connectivity index (χ1) is 17.0. The molecule has 37 heavy (non-hydrogen) atoms. The summed E-state index contributed by atoms with van der Waals surface area (Å²) in [7, 11) is 0. The van der Waals surface area contributed by atoms with Gasteiger partial charge in [-0.2, -0.15) is 0 Å². The number of aliphatic hydroxyl groups excluding tert-OH is 2. The van der Waals surface area contributed by atoms with Crippen LogP contribution in [0.3, 0.4) is 0 Å². The molecule has 7 nitrogen and oxygen atoms in total. The van der Waals surface area contributed by atoms with Gasteiger partial charge in [-0.05, 0) is 81.0 Å². The molecule has 4 N–H and O–H groups in total. The highest BCUT2D eigenvalue weighted by Crippen LogP contribution is 2.70. The zero-order valence-corrected chi connectivity index (χ0v) is 23.5.